The highest BCUT2D eigenvalue weighted by molar-refractivity contribution is 5.84. The molecule has 0 aliphatic rings. The van der Waals surface area contributed by atoms with Gasteiger partial charge in [-0.3, -0.25) is 0 Å². The lowest BCUT2D eigenvalue weighted by molar-refractivity contribution is -0.274. The molecule has 0 amide bonds. The fraction of sp³-hybridized carbons (Fsp3) is 0.391. The number of hydrogen-bond acceptors (Lipinski definition) is 3. The number of nitrogens with two attached hydrogens (primary N) is 1. The highest BCUT2D eigenvalue weighted by atomic mass is 19.4. The standard InChI is InChI=1S/C23H28F3N3O/c1-4-19(28(2)3)11-12-29-20(15-17-14-18(27)7-10-22(17)29)13-16-5-8-21(9-6-16)30-23(24,25)26/h5-10,14-15,19H,4,11-13,27H2,1-3H3. The van der Waals surface area contributed by atoms with E-state index in [1.165, 1.54) is 12.1 Å². The van der Waals surface area contributed by atoms with Gasteiger partial charge >= 0.3 is 6.36 Å². The number of aromatic nitrogens is 1. The van der Waals surface area contributed by atoms with Gasteiger partial charge in [0.1, 0.15) is 5.75 Å². The van der Waals surface area contributed by atoms with Gasteiger partial charge in [-0.2, -0.15) is 0 Å². The summed E-state index contributed by atoms with van der Waals surface area (Å²) in [4.78, 5) is 2.24. The molecule has 30 heavy (non-hydrogen) atoms. The van der Waals surface area contributed by atoms with Crippen molar-refractivity contribution in [1.29, 1.82) is 0 Å². The molecule has 4 nitrogen and oxygen atoms in total. The summed E-state index contributed by atoms with van der Waals surface area (Å²) in [5, 5.41) is 1.07. The third-order valence-electron chi connectivity index (χ3n) is 5.44. The van der Waals surface area contributed by atoms with Gasteiger partial charge in [-0.25, -0.2) is 0 Å². The highest BCUT2D eigenvalue weighted by Gasteiger charge is 2.31. The Labute approximate surface area is 175 Å². The van der Waals surface area contributed by atoms with Crippen LogP contribution < -0.4 is 10.5 Å². The van der Waals surface area contributed by atoms with Crippen molar-refractivity contribution in [3.63, 3.8) is 0 Å². The number of ether oxygens (including phenoxy) is 1. The zero-order chi connectivity index (χ0) is 21.9. The monoisotopic (exact) mass is 419 g/mol. The van der Waals surface area contributed by atoms with Crippen LogP contribution in [0.2, 0.25) is 0 Å². The smallest absolute Gasteiger partial charge is 0.406 e. The van der Waals surface area contributed by atoms with Gasteiger partial charge in [0, 0.05) is 41.3 Å². The third-order valence-corrected chi connectivity index (χ3v) is 5.44. The number of halogens is 3. The molecule has 1 heterocycles. The molecule has 0 aliphatic heterocycles. The number of alkyl halides is 3. The number of aryl methyl sites for hydroxylation is 1. The maximum atomic E-state index is 12.4. The molecule has 2 aromatic carbocycles. The number of benzene rings is 2. The van der Waals surface area contributed by atoms with E-state index in [9.17, 15) is 13.2 Å². The molecule has 0 fully saturated rings. The number of nitrogen functional groups attached to an aromatic ring is 1. The number of fused-ring (bicyclic) bond motifs is 1. The molecule has 0 bridgehead atoms. The molecule has 1 aromatic heterocycles. The van der Waals surface area contributed by atoms with Crippen LogP contribution in [0.1, 0.15) is 31.0 Å². The predicted molar refractivity (Wildman–Crippen MR) is 115 cm³/mol. The second-order valence-electron chi connectivity index (χ2n) is 7.79. The van der Waals surface area contributed by atoms with Crippen molar-refractivity contribution in [3.05, 3.63) is 59.8 Å². The molecule has 0 saturated carbocycles. The lowest BCUT2D eigenvalue weighted by atomic mass is 10.1. The van der Waals surface area contributed by atoms with E-state index in [1.807, 2.05) is 18.2 Å². The molecule has 7 heteroatoms. The van der Waals surface area contributed by atoms with Gasteiger partial charge in [-0.15, -0.1) is 13.2 Å². The van der Waals surface area contributed by atoms with Crippen LogP contribution in [-0.4, -0.2) is 36.0 Å². The quantitative estimate of drug-likeness (QED) is 0.494. The number of hydrogen-bond donors (Lipinski definition) is 1. The van der Waals surface area contributed by atoms with Crippen LogP contribution in [0.3, 0.4) is 0 Å². The molecule has 3 aromatic rings. The van der Waals surface area contributed by atoms with E-state index in [2.05, 4.69) is 41.3 Å². The van der Waals surface area contributed by atoms with E-state index < -0.39 is 6.36 Å². The summed E-state index contributed by atoms with van der Waals surface area (Å²) in [6.45, 7) is 3.04. The molecule has 1 unspecified atom stereocenters. The highest BCUT2D eigenvalue weighted by Crippen LogP contribution is 2.27. The van der Waals surface area contributed by atoms with Crippen molar-refractivity contribution in [2.45, 2.75) is 45.1 Å². The van der Waals surface area contributed by atoms with Crippen LogP contribution in [0.25, 0.3) is 10.9 Å². The van der Waals surface area contributed by atoms with E-state index in [4.69, 9.17) is 5.73 Å². The fourth-order valence-corrected chi connectivity index (χ4v) is 3.88. The molecule has 0 aliphatic carbocycles. The van der Waals surface area contributed by atoms with Gasteiger partial charge in [0.2, 0.25) is 0 Å². The molecule has 3 rings (SSSR count). The fourth-order valence-electron chi connectivity index (χ4n) is 3.88. The first-order valence-corrected chi connectivity index (χ1v) is 10.0. The number of rotatable bonds is 8. The molecule has 0 saturated heterocycles. The summed E-state index contributed by atoms with van der Waals surface area (Å²) >= 11 is 0. The Bertz CT molecular complexity index is 978. The average Bonchev–Trinajstić information content (AvgIpc) is 2.98. The van der Waals surface area contributed by atoms with Crippen molar-refractivity contribution in [2.24, 2.45) is 0 Å². The summed E-state index contributed by atoms with van der Waals surface area (Å²) in [6.07, 6.45) is -2.01. The van der Waals surface area contributed by atoms with E-state index >= 15 is 0 Å². The predicted octanol–water partition coefficient (Wildman–Crippen LogP) is 5.44. The van der Waals surface area contributed by atoms with Gasteiger partial charge in [-0.1, -0.05) is 19.1 Å². The normalized spacial score (nSPS) is 13.2. The van der Waals surface area contributed by atoms with Crippen molar-refractivity contribution >= 4 is 16.6 Å². The Morgan fingerprint density at radius 3 is 2.37 bits per heavy atom. The maximum Gasteiger partial charge on any atom is 0.573 e. The minimum atomic E-state index is -4.68. The minimum Gasteiger partial charge on any atom is -0.406 e. The van der Waals surface area contributed by atoms with E-state index in [1.54, 1.807) is 12.1 Å². The Morgan fingerprint density at radius 1 is 1.07 bits per heavy atom. The molecule has 0 radical (unpaired) electrons. The molecular weight excluding hydrogens is 391 g/mol. The van der Waals surface area contributed by atoms with Gasteiger partial charge < -0.3 is 19.9 Å². The molecular formula is C23H28F3N3O. The summed E-state index contributed by atoms with van der Waals surface area (Å²) in [6, 6.07) is 14.5. The Hall–Kier alpha value is -2.67. The molecule has 1 atom stereocenters. The second-order valence-corrected chi connectivity index (χ2v) is 7.79. The van der Waals surface area contributed by atoms with Crippen molar-refractivity contribution in [2.75, 3.05) is 19.8 Å². The molecule has 162 valence electrons. The van der Waals surface area contributed by atoms with E-state index in [0.29, 0.717) is 18.2 Å². The third kappa shape index (κ3) is 5.48. The first-order valence-electron chi connectivity index (χ1n) is 10.0. The zero-order valence-corrected chi connectivity index (χ0v) is 17.5. The largest absolute Gasteiger partial charge is 0.573 e. The minimum absolute atomic E-state index is 0.212. The lowest BCUT2D eigenvalue weighted by Gasteiger charge is -2.24. The Balaban J connectivity index is 1.87. The van der Waals surface area contributed by atoms with Crippen LogP contribution in [-0.2, 0) is 13.0 Å². The average molecular weight is 419 g/mol. The van der Waals surface area contributed by atoms with Crippen molar-refractivity contribution < 1.29 is 17.9 Å². The number of anilines is 1. The Kier molecular flexibility index (Phi) is 6.61. The van der Waals surface area contributed by atoms with E-state index in [-0.39, 0.29) is 5.75 Å². The van der Waals surface area contributed by atoms with Crippen LogP contribution >= 0.6 is 0 Å². The van der Waals surface area contributed by atoms with Crippen LogP contribution in [0, 0.1) is 0 Å². The topological polar surface area (TPSA) is 43.4 Å². The van der Waals surface area contributed by atoms with Crippen LogP contribution in [0.4, 0.5) is 18.9 Å². The van der Waals surface area contributed by atoms with Gasteiger partial charge in [0.15, 0.2) is 0 Å². The Morgan fingerprint density at radius 2 is 1.77 bits per heavy atom. The molecule has 2 N–H and O–H groups in total. The SMILES string of the molecule is CCC(CCn1c(Cc2ccc(OC(F)(F)F)cc2)cc2cc(N)ccc21)N(C)C. The summed E-state index contributed by atoms with van der Waals surface area (Å²) < 4.78 is 43.4. The van der Waals surface area contributed by atoms with Crippen molar-refractivity contribution in [3.8, 4) is 5.75 Å². The lowest BCUT2D eigenvalue weighted by Crippen LogP contribution is -2.28. The van der Waals surface area contributed by atoms with Gasteiger partial charge in [0.25, 0.3) is 0 Å². The summed E-state index contributed by atoms with van der Waals surface area (Å²) in [5.41, 5.74) is 9.81. The first kappa shape index (κ1) is 22.0. The summed E-state index contributed by atoms with van der Waals surface area (Å²) in [7, 11) is 4.18. The van der Waals surface area contributed by atoms with Gasteiger partial charge in [-0.05, 0) is 68.9 Å². The van der Waals surface area contributed by atoms with Crippen molar-refractivity contribution in [1.82, 2.24) is 9.47 Å². The molecule has 0 spiro atoms. The van der Waals surface area contributed by atoms with Crippen LogP contribution in [0.5, 0.6) is 5.75 Å². The first-order chi connectivity index (χ1) is 14.2. The van der Waals surface area contributed by atoms with Crippen LogP contribution in [0.15, 0.2) is 48.5 Å². The number of nitrogens with zero attached hydrogens (tertiary/aromatic N) is 2. The zero-order valence-electron chi connectivity index (χ0n) is 17.5. The second kappa shape index (κ2) is 9.00. The van der Waals surface area contributed by atoms with E-state index in [0.717, 1.165) is 41.5 Å². The van der Waals surface area contributed by atoms with Gasteiger partial charge in [0.05, 0.1) is 0 Å². The summed E-state index contributed by atoms with van der Waals surface area (Å²) in [5.74, 6) is -0.212. The maximum absolute atomic E-state index is 12.4.